The van der Waals surface area contributed by atoms with E-state index in [1.54, 1.807) is 14.2 Å². The second kappa shape index (κ2) is 7.39. The number of ether oxygens (including phenoxy) is 2. The van der Waals surface area contributed by atoms with E-state index < -0.39 is 0 Å². The van der Waals surface area contributed by atoms with E-state index in [9.17, 15) is 4.79 Å². The van der Waals surface area contributed by atoms with Gasteiger partial charge in [-0.3, -0.25) is 4.79 Å². The standard InChI is InChI=1S/C20H23NO3/c1-23-17-9-3-14(4-10-17)13-19(21-20(22)16-5-6-16)15-7-11-18(24-2)12-8-15/h3-4,7-12,16,19H,5-6,13H2,1-2H3,(H,21,22). The van der Waals surface area contributed by atoms with Crippen molar-refractivity contribution in [3.8, 4) is 11.5 Å². The Morgan fingerprint density at radius 1 is 1.00 bits per heavy atom. The number of hydrogen-bond acceptors (Lipinski definition) is 3. The fourth-order valence-electron chi connectivity index (χ4n) is 2.72. The molecular formula is C20H23NO3. The summed E-state index contributed by atoms with van der Waals surface area (Å²) >= 11 is 0. The summed E-state index contributed by atoms with van der Waals surface area (Å²) in [6, 6.07) is 15.8. The number of nitrogens with one attached hydrogen (secondary N) is 1. The van der Waals surface area contributed by atoms with Crippen molar-refractivity contribution in [2.24, 2.45) is 5.92 Å². The highest BCUT2D eigenvalue weighted by atomic mass is 16.5. The van der Waals surface area contributed by atoms with E-state index >= 15 is 0 Å². The lowest BCUT2D eigenvalue weighted by molar-refractivity contribution is -0.123. The zero-order valence-corrected chi connectivity index (χ0v) is 14.1. The Hall–Kier alpha value is -2.49. The van der Waals surface area contributed by atoms with Gasteiger partial charge in [-0.15, -0.1) is 0 Å². The van der Waals surface area contributed by atoms with Gasteiger partial charge in [0.1, 0.15) is 11.5 Å². The predicted molar refractivity (Wildman–Crippen MR) is 93.3 cm³/mol. The van der Waals surface area contributed by atoms with Crippen molar-refractivity contribution in [2.75, 3.05) is 14.2 Å². The minimum absolute atomic E-state index is 0.0441. The molecule has 126 valence electrons. The first-order valence-corrected chi connectivity index (χ1v) is 8.27. The van der Waals surface area contributed by atoms with Crippen LogP contribution in [0.4, 0.5) is 0 Å². The minimum Gasteiger partial charge on any atom is -0.497 e. The molecule has 0 spiro atoms. The van der Waals surface area contributed by atoms with Crippen molar-refractivity contribution in [3.63, 3.8) is 0 Å². The Labute approximate surface area is 142 Å². The van der Waals surface area contributed by atoms with Gasteiger partial charge in [-0.2, -0.15) is 0 Å². The van der Waals surface area contributed by atoms with Crippen LogP contribution in [0.3, 0.4) is 0 Å². The lowest BCUT2D eigenvalue weighted by Gasteiger charge is -2.20. The molecule has 24 heavy (non-hydrogen) atoms. The molecule has 1 amide bonds. The smallest absolute Gasteiger partial charge is 0.223 e. The molecular weight excluding hydrogens is 302 g/mol. The van der Waals surface area contributed by atoms with Crippen LogP contribution in [0.25, 0.3) is 0 Å². The summed E-state index contributed by atoms with van der Waals surface area (Å²) in [5.41, 5.74) is 2.24. The predicted octanol–water partition coefficient (Wildman–Crippen LogP) is 3.51. The van der Waals surface area contributed by atoms with Gasteiger partial charge in [0.05, 0.1) is 20.3 Å². The first kappa shape index (κ1) is 16.4. The van der Waals surface area contributed by atoms with Crippen LogP contribution in [-0.2, 0) is 11.2 Å². The van der Waals surface area contributed by atoms with Crippen molar-refractivity contribution < 1.29 is 14.3 Å². The number of benzene rings is 2. The number of hydrogen-bond donors (Lipinski definition) is 1. The molecule has 0 heterocycles. The van der Waals surface area contributed by atoms with E-state index in [4.69, 9.17) is 9.47 Å². The molecule has 1 aliphatic carbocycles. The fourth-order valence-corrected chi connectivity index (χ4v) is 2.72. The van der Waals surface area contributed by atoms with Crippen LogP contribution in [0.15, 0.2) is 48.5 Å². The van der Waals surface area contributed by atoms with Gasteiger partial charge < -0.3 is 14.8 Å². The summed E-state index contributed by atoms with van der Waals surface area (Å²) in [5, 5.41) is 3.20. The van der Waals surface area contributed by atoms with Crippen molar-refractivity contribution in [3.05, 3.63) is 59.7 Å². The van der Waals surface area contributed by atoms with Gasteiger partial charge >= 0.3 is 0 Å². The van der Waals surface area contributed by atoms with Crippen LogP contribution in [0.1, 0.15) is 30.0 Å². The van der Waals surface area contributed by atoms with Crippen LogP contribution in [-0.4, -0.2) is 20.1 Å². The second-order valence-corrected chi connectivity index (χ2v) is 6.16. The van der Waals surface area contributed by atoms with Crippen molar-refractivity contribution in [1.29, 1.82) is 0 Å². The Kier molecular flexibility index (Phi) is 5.04. The molecule has 1 atom stereocenters. The molecule has 0 saturated heterocycles. The fraction of sp³-hybridized carbons (Fsp3) is 0.350. The topological polar surface area (TPSA) is 47.6 Å². The Balaban J connectivity index is 1.77. The molecule has 4 nitrogen and oxygen atoms in total. The van der Waals surface area contributed by atoms with E-state index in [-0.39, 0.29) is 17.9 Å². The van der Waals surface area contributed by atoms with Gasteiger partial charge in [-0.1, -0.05) is 24.3 Å². The van der Waals surface area contributed by atoms with Gasteiger partial charge in [-0.05, 0) is 54.7 Å². The Bertz CT molecular complexity index is 675. The van der Waals surface area contributed by atoms with Crippen LogP contribution >= 0.6 is 0 Å². The van der Waals surface area contributed by atoms with Gasteiger partial charge in [-0.25, -0.2) is 0 Å². The van der Waals surface area contributed by atoms with Crippen molar-refractivity contribution >= 4 is 5.91 Å². The largest absolute Gasteiger partial charge is 0.497 e. The van der Waals surface area contributed by atoms with Gasteiger partial charge in [0.25, 0.3) is 0 Å². The third-order valence-electron chi connectivity index (χ3n) is 4.38. The highest BCUT2D eigenvalue weighted by Crippen LogP contribution is 2.31. The summed E-state index contributed by atoms with van der Waals surface area (Å²) in [5.74, 6) is 2.00. The zero-order valence-electron chi connectivity index (χ0n) is 14.1. The van der Waals surface area contributed by atoms with Gasteiger partial charge in [0.15, 0.2) is 0 Å². The Morgan fingerprint density at radius 2 is 1.54 bits per heavy atom. The molecule has 0 aliphatic heterocycles. The SMILES string of the molecule is COc1ccc(CC(NC(=O)C2CC2)c2ccc(OC)cc2)cc1. The first-order chi connectivity index (χ1) is 11.7. The van der Waals surface area contributed by atoms with Gasteiger partial charge in [0.2, 0.25) is 5.91 Å². The minimum atomic E-state index is -0.0441. The number of carbonyl (C=O) groups excluding carboxylic acids is 1. The molecule has 2 aromatic rings. The normalized spacial score (nSPS) is 14.8. The third-order valence-corrected chi connectivity index (χ3v) is 4.38. The molecule has 1 saturated carbocycles. The highest BCUT2D eigenvalue weighted by Gasteiger charge is 2.31. The van der Waals surface area contributed by atoms with E-state index in [1.165, 1.54) is 0 Å². The lowest BCUT2D eigenvalue weighted by Crippen LogP contribution is -2.31. The molecule has 1 aliphatic rings. The molecule has 1 fully saturated rings. The highest BCUT2D eigenvalue weighted by molar-refractivity contribution is 5.81. The van der Waals surface area contributed by atoms with Crippen LogP contribution < -0.4 is 14.8 Å². The molecule has 0 bridgehead atoms. The molecule has 1 unspecified atom stereocenters. The maximum Gasteiger partial charge on any atom is 0.223 e. The number of carbonyl (C=O) groups is 1. The average molecular weight is 325 g/mol. The average Bonchev–Trinajstić information content (AvgIpc) is 3.47. The van der Waals surface area contributed by atoms with E-state index in [0.29, 0.717) is 0 Å². The summed E-state index contributed by atoms with van der Waals surface area (Å²) in [7, 11) is 3.31. The summed E-state index contributed by atoms with van der Waals surface area (Å²) in [6.07, 6.45) is 2.75. The maximum atomic E-state index is 12.2. The van der Waals surface area contributed by atoms with Crippen LogP contribution in [0.2, 0.25) is 0 Å². The lowest BCUT2D eigenvalue weighted by atomic mass is 9.98. The monoisotopic (exact) mass is 325 g/mol. The number of rotatable bonds is 7. The summed E-state index contributed by atoms with van der Waals surface area (Å²) < 4.78 is 10.4. The molecule has 1 N–H and O–H groups in total. The van der Waals surface area contributed by atoms with E-state index in [2.05, 4.69) is 5.32 Å². The van der Waals surface area contributed by atoms with E-state index in [0.717, 1.165) is 41.9 Å². The number of methoxy groups -OCH3 is 2. The van der Waals surface area contributed by atoms with Crippen molar-refractivity contribution in [2.45, 2.75) is 25.3 Å². The second-order valence-electron chi connectivity index (χ2n) is 6.16. The number of amides is 1. The van der Waals surface area contributed by atoms with Crippen LogP contribution in [0.5, 0.6) is 11.5 Å². The zero-order chi connectivity index (χ0) is 16.9. The molecule has 2 aromatic carbocycles. The van der Waals surface area contributed by atoms with Crippen LogP contribution in [0, 0.1) is 5.92 Å². The quantitative estimate of drug-likeness (QED) is 0.847. The third kappa shape index (κ3) is 4.07. The molecule has 0 radical (unpaired) electrons. The molecule has 0 aromatic heterocycles. The van der Waals surface area contributed by atoms with Crippen molar-refractivity contribution in [1.82, 2.24) is 5.32 Å². The van der Waals surface area contributed by atoms with E-state index in [1.807, 2.05) is 48.5 Å². The molecule has 4 heteroatoms. The first-order valence-electron chi connectivity index (χ1n) is 8.27. The maximum absolute atomic E-state index is 12.2. The Morgan fingerprint density at radius 3 is 2.04 bits per heavy atom. The summed E-state index contributed by atoms with van der Waals surface area (Å²) in [6.45, 7) is 0. The summed E-state index contributed by atoms with van der Waals surface area (Å²) in [4.78, 5) is 12.2. The van der Waals surface area contributed by atoms with Gasteiger partial charge in [0, 0.05) is 5.92 Å². The molecule has 3 rings (SSSR count).